The predicted octanol–water partition coefficient (Wildman–Crippen LogP) is 2.49. The third kappa shape index (κ3) is 3.55. The maximum Gasteiger partial charge on any atom is 0.127 e. The topological polar surface area (TPSA) is 29.5 Å². The summed E-state index contributed by atoms with van der Waals surface area (Å²) < 4.78 is 5.40. The third-order valence-electron chi connectivity index (χ3n) is 4.71. The summed E-state index contributed by atoms with van der Waals surface area (Å²) in [4.78, 5) is 14.0. The normalized spacial score (nSPS) is 28.6. The summed E-state index contributed by atoms with van der Waals surface area (Å²) in [5.41, 5.74) is 0.339. The fraction of sp³-hybridized carbons (Fsp3) is 0.933. The Hall–Kier alpha value is -0.410. The molecular formula is C15H27NO2. The first-order valence-electron chi connectivity index (χ1n) is 7.32. The van der Waals surface area contributed by atoms with Crippen molar-refractivity contribution in [3.8, 4) is 0 Å². The quantitative estimate of drug-likeness (QED) is 0.724. The Labute approximate surface area is 111 Å². The molecule has 0 amide bonds. The second-order valence-electron chi connectivity index (χ2n) is 6.89. The van der Waals surface area contributed by atoms with Crippen LogP contribution in [0.15, 0.2) is 0 Å². The number of aldehydes is 1. The summed E-state index contributed by atoms with van der Waals surface area (Å²) in [7, 11) is 0. The predicted molar refractivity (Wildman–Crippen MR) is 72.6 cm³/mol. The van der Waals surface area contributed by atoms with E-state index in [9.17, 15) is 4.79 Å². The first kappa shape index (κ1) is 14.0. The lowest BCUT2D eigenvalue weighted by Gasteiger charge is -2.36. The van der Waals surface area contributed by atoms with Gasteiger partial charge in [0.15, 0.2) is 0 Å². The van der Waals surface area contributed by atoms with Gasteiger partial charge in [0.1, 0.15) is 6.29 Å². The third-order valence-corrected chi connectivity index (χ3v) is 4.71. The molecule has 2 rings (SSSR count). The number of rotatable bonds is 3. The Kier molecular flexibility index (Phi) is 4.44. The van der Waals surface area contributed by atoms with Gasteiger partial charge in [-0.15, -0.1) is 0 Å². The van der Waals surface area contributed by atoms with Gasteiger partial charge in [-0.05, 0) is 50.6 Å². The lowest BCUT2D eigenvalue weighted by atomic mass is 9.81. The molecule has 0 aliphatic carbocycles. The van der Waals surface area contributed by atoms with E-state index < -0.39 is 0 Å². The number of carbonyl (C=O) groups is 1. The van der Waals surface area contributed by atoms with E-state index in [2.05, 4.69) is 18.7 Å². The van der Waals surface area contributed by atoms with E-state index in [1.54, 1.807) is 0 Å². The van der Waals surface area contributed by atoms with Crippen molar-refractivity contribution in [2.45, 2.75) is 46.0 Å². The van der Waals surface area contributed by atoms with Crippen LogP contribution < -0.4 is 0 Å². The molecule has 0 aromatic carbocycles. The van der Waals surface area contributed by atoms with Crippen LogP contribution in [0.4, 0.5) is 0 Å². The van der Waals surface area contributed by atoms with Crippen LogP contribution in [0.5, 0.6) is 0 Å². The number of hydrogen-bond acceptors (Lipinski definition) is 3. The fourth-order valence-corrected chi connectivity index (χ4v) is 3.17. The lowest BCUT2D eigenvalue weighted by molar-refractivity contribution is -0.123. The van der Waals surface area contributed by atoms with Gasteiger partial charge in [0.25, 0.3) is 0 Å². The minimum absolute atomic E-state index is 0.132. The van der Waals surface area contributed by atoms with E-state index in [1.165, 1.54) is 25.5 Å². The first-order chi connectivity index (χ1) is 8.55. The molecule has 0 N–H and O–H groups in total. The van der Waals surface area contributed by atoms with Crippen molar-refractivity contribution in [1.82, 2.24) is 4.90 Å². The number of ether oxygens (including phenoxy) is 1. The molecule has 0 bridgehead atoms. The van der Waals surface area contributed by atoms with Crippen molar-refractivity contribution in [2.75, 3.05) is 32.8 Å². The Morgan fingerprint density at radius 2 is 1.83 bits per heavy atom. The molecule has 18 heavy (non-hydrogen) atoms. The van der Waals surface area contributed by atoms with Crippen LogP contribution in [-0.2, 0) is 9.53 Å². The molecule has 0 radical (unpaired) electrons. The summed E-state index contributed by atoms with van der Waals surface area (Å²) in [5, 5.41) is 0. The van der Waals surface area contributed by atoms with Crippen molar-refractivity contribution in [1.29, 1.82) is 0 Å². The summed E-state index contributed by atoms with van der Waals surface area (Å²) in [6.07, 6.45) is 6.82. The van der Waals surface area contributed by atoms with Gasteiger partial charge in [0.2, 0.25) is 0 Å². The Morgan fingerprint density at radius 1 is 1.11 bits per heavy atom. The zero-order valence-corrected chi connectivity index (χ0v) is 11.9. The summed E-state index contributed by atoms with van der Waals surface area (Å²) in [6, 6.07) is 0. The van der Waals surface area contributed by atoms with Gasteiger partial charge in [-0.1, -0.05) is 13.8 Å². The van der Waals surface area contributed by atoms with E-state index in [0.717, 1.165) is 45.7 Å². The largest absolute Gasteiger partial charge is 0.381 e. The smallest absolute Gasteiger partial charge is 0.127 e. The molecule has 0 spiro atoms. The van der Waals surface area contributed by atoms with Crippen LogP contribution in [-0.4, -0.2) is 44.0 Å². The fourth-order valence-electron chi connectivity index (χ4n) is 3.17. The Bertz CT molecular complexity index is 282. The molecule has 104 valence electrons. The maximum absolute atomic E-state index is 11.5. The summed E-state index contributed by atoms with van der Waals surface area (Å²) in [5.74, 6) is 0. The molecular weight excluding hydrogens is 226 g/mol. The minimum Gasteiger partial charge on any atom is -0.381 e. The molecule has 2 heterocycles. The van der Waals surface area contributed by atoms with Gasteiger partial charge in [0.05, 0.1) is 0 Å². The zero-order valence-electron chi connectivity index (χ0n) is 11.9. The van der Waals surface area contributed by atoms with E-state index in [-0.39, 0.29) is 5.41 Å². The monoisotopic (exact) mass is 253 g/mol. The highest BCUT2D eigenvalue weighted by molar-refractivity contribution is 5.60. The molecule has 0 aromatic rings. The van der Waals surface area contributed by atoms with Crippen LogP contribution >= 0.6 is 0 Å². The van der Waals surface area contributed by atoms with Crippen LogP contribution in [0.25, 0.3) is 0 Å². The van der Waals surface area contributed by atoms with Gasteiger partial charge in [0, 0.05) is 25.2 Å². The van der Waals surface area contributed by atoms with Crippen molar-refractivity contribution in [3.63, 3.8) is 0 Å². The second-order valence-corrected chi connectivity index (χ2v) is 6.89. The van der Waals surface area contributed by atoms with Gasteiger partial charge >= 0.3 is 0 Å². The van der Waals surface area contributed by atoms with Crippen LogP contribution in [0.3, 0.4) is 0 Å². The van der Waals surface area contributed by atoms with Crippen LogP contribution in [0.2, 0.25) is 0 Å². The standard InChI is InChI=1S/C15H27NO2/c1-14(2)4-3-8-16(9-5-14)12-15(13-17)6-10-18-11-7-15/h13H,3-12H2,1-2H3. The average Bonchev–Trinajstić information content (AvgIpc) is 2.52. The van der Waals surface area contributed by atoms with Gasteiger partial charge in [-0.3, -0.25) is 0 Å². The average molecular weight is 253 g/mol. The first-order valence-corrected chi connectivity index (χ1v) is 7.32. The summed E-state index contributed by atoms with van der Waals surface area (Å²) in [6.45, 7) is 9.45. The second kappa shape index (κ2) is 5.70. The van der Waals surface area contributed by atoms with Gasteiger partial charge in [-0.2, -0.15) is 0 Å². The lowest BCUT2D eigenvalue weighted by Crippen LogP contribution is -2.43. The van der Waals surface area contributed by atoms with Crippen molar-refractivity contribution in [3.05, 3.63) is 0 Å². The number of likely N-dealkylation sites (tertiary alicyclic amines) is 1. The van der Waals surface area contributed by atoms with Crippen LogP contribution in [0.1, 0.15) is 46.0 Å². The number of nitrogens with zero attached hydrogens (tertiary/aromatic N) is 1. The molecule has 0 unspecified atom stereocenters. The van der Waals surface area contributed by atoms with E-state index in [1.807, 2.05) is 0 Å². The number of hydrogen-bond donors (Lipinski definition) is 0. The summed E-state index contributed by atoms with van der Waals surface area (Å²) >= 11 is 0. The molecule has 0 aromatic heterocycles. The van der Waals surface area contributed by atoms with E-state index in [4.69, 9.17) is 4.74 Å². The molecule has 2 aliphatic heterocycles. The highest BCUT2D eigenvalue weighted by Gasteiger charge is 2.35. The maximum atomic E-state index is 11.5. The van der Waals surface area contributed by atoms with E-state index >= 15 is 0 Å². The van der Waals surface area contributed by atoms with E-state index in [0.29, 0.717) is 5.41 Å². The van der Waals surface area contributed by atoms with Gasteiger partial charge in [-0.25, -0.2) is 0 Å². The molecule has 0 saturated carbocycles. The molecule has 2 saturated heterocycles. The highest BCUT2D eigenvalue weighted by atomic mass is 16.5. The highest BCUT2D eigenvalue weighted by Crippen LogP contribution is 2.33. The Balaban J connectivity index is 1.93. The molecule has 3 heteroatoms. The molecule has 0 atom stereocenters. The van der Waals surface area contributed by atoms with Crippen molar-refractivity contribution < 1.29 is 9.53 Å². The number of carbonyl (C=O) groups excluding carboxylic acids is 1. The minimum atomic E-state index is -0.132. The molecule has 2 aliphatic rings. The zero-order chi connectivity index (χ0) is 13.1. The van der Waals surface area contributed by atoms with Crippen LogP contribution in [0, 0.1) is 10.8 Å². The van der Waals surface area contributed by atoms with Crippen molar-refractivity contribution in [2.24, 2.45) is 10.8 Å². The SMILES string of the molecule is CC1(C)CCCN(CC2(C=O)CCOCC2)CC1. The van der Waals surface area contributed by atoms with Crippen molar-refractivity contribution >= 4 is 6.29 Å². The van der Waals surface area contributed by atoms with Gasteiger partial charge < -0.3 is 14.4 Å². The molecule has 2 fully saturated rings. The molecule has 3 nitrogen and oxygen atoms in total. The Morgan fingerprint density at radius 3 is 2.50 bits per heavy atom.